The van der Waals surface area contributed by atoms with E-state index in [1.54, 1.807) is 12.1 Å². The van der Waals surface area contributed by atoms with Crippen LogP contribution >= 0.6 is 0 Å². The normalized spacial score (nSPS) is 21.2. The highest BCUT2D eigenvalue weighted by molar-refractivity contribution is 5.40. The predicted molar refractivity (Wildman–Crippen MR) is 97.0 cm³/mol. The molecule has 0 N–H and O–H groups in total. The minimum Gasteiger partial charge on any atom is -0.258 e. The van der Waals surface area contributed by atoms with Crippen LogP contribution in [0.4, 0.5) is 5.69 Å². The molecule has 3 heteroatoms. The Labute approximate surface area is 143 Å². The summed E-state index contributed by atoms with van der Waals surface area (Å²) in [4.78, 5) is 10.9. The van der Waals surface area contributed by atoms with Crippen molar-refractivity contribution >= 4 is 5.69 Å². The Morgan fingerprint density at radius 1 is 0.833 bits per heavy atom. The van der Waals surface area contributed by atoms with Gasteiger partial charge in [-0.1, -0.05) is 67.8 Å². The maximum atomic E-state index is 11.2. The zero-order chi connectivity index (χ0) is 16.8. The third-order valence-corrected chi connectivity index (χ3v) is 5.27. The summed E-state index contributed by atoms with van der Waals surface area (Å²) in [7, 11) is 0. The first kappa shape index (κ1) is 16.7. The number of hydrogen-bond donors (Lipinski definition) is 0. The number of hydrogen-bond acceptors (Lipinski definition) is 2. The molecule has 1 aliphatic carbocycles. The molecular weight excluding hydrogens is 298 g/mol. The monoisotopic (exact) mass is 323 g/mol. The smallest absolute Gasteiger partial charge is 0.258 e. The van der Waals surface area contributed by atoms with E-state index in [9.17, 15) is 10.1 Å². The molecule has 24 heavy (non-hydrogen) atoms. The van der Waals surface area contributed by atoms with E-state index in [1.807, 2.05) is 12.1 Å². The van der Waals surface area contributed by atoms with E-state index in [2.05, 4.69) is 30.3 Å². The van der Waals surface area contributed by atoms with Crippen molar-refractivity contribution in [2.24, 2.45) is 11.8 Å². The minimum atomic E-state index is -0.246. The fourth-order valence-electron chi connectivity index (χ4n) is 3.98. The van der Waals surface area contributed by atoms with Crippen LogP contribution in [0.15, 0.2) is 54.6 Å². The highest BCUT2D eigenvalue weighted by Crippen LogP contribution is 2.33. The van der Waals surface area contributed by atoms with Gasteiger partial charge >= 0.3 is 0 Å². The maximum absolute atomic E-state index is 11.2. The number of para-hydroxylation sites is 1. The Hall–Kier alpha value is -2.16. The second kappa shape index (κ2) is 8.09. The summed E-state index contributed by atoms with van der Waals surface area (Å²) in [6, 6.07) is 18.0. The lowest BCUT2D eigenvalue weighted by atomic mass is 9.90. The van der Waals surface area contributed by atoms with Crippen molar-refractivity contribution in [3.8, 4) is 0 Å². The molecule has 0 radical (unpaired) electrons. The fourth-order valence-corrected chi connectivity index (χ4v) is 3.98. The van der Waals surface area contributed by atoms with Crippen molar-refractivity contribution in [2.45, 2.75) is 44.9 Å². The van der Waals surface area contributed by atoms with Gasteiger partial charge in [0.1, 0.15) is 0 Å². The number of nitrogens with zero attached hydrogens (tertiary/aromatic N) is 1. The lowest BCUT2D eigenvalue weighted by Crippen LogP contribution is -2.07. The van der Waals surface area contributed by atoms with Crippen LogP contribution < -0.4 is 0 Å². The van der Waals surface area contributed by atoms with E-state index in [-0.39, 0.29) is 10.6 Å². The Morgan fingerprint density at radius 3 is 2.17 bits per heavy atom. The second-order valence-electron chi connectivity index (χ2n) is 7.02. The summed E-state index contributed by atoms with van der Waals surface area (Å²) in [5.74, 6) is 1.33. The van der Waals surface area contributed by atoms with E-state index in [4.69, 9.17) is 0 Å². The molecule has 1 fully saturated rings. The van der Waals surface area contributed by atoms with Gasteiger partial charge < -0.3 is 0 Å². The third kappa shape index (κ3) is 4.44. The molecule has 3 rings (SSSR count). The van der Waals surface area contributed by atoms with E-state index < -0.39 is 0 Å². The quantitative estimate of drug-likeness (QED) is 0.410. The molecule has 2 atom stereocenters. The van der Waals surface area contributed by atoms with Crippen molar-refractivity contribution in [3.05, 3.63) is 75.8 Å². The Bertz CT molecular complexity index is 669. The lowest BCUT2D eigenvalue weighted by Gasteiger charge is -2.15. The van der Waals surface area contributed by atoms with Crippen molar-refractivity contribution in [1.29, 1.82) is 0 Å². The molecule has 3 nitrogen and oxygen atoms in total. The zero-order valence-electron chi connectivity index (χ0n) is 14.1. The third-order valence-electron chi connectivity index (χ3n) is 5.27. The maximum Gasteiger partial charge on any atom is 0.272 e. The summed E-state index contributed by atoms with van der Waals surface area (Å²) in [6.07, 6.45) is 8.14. The van der Waals surface area contributed by atoms with Gasteiger partial charge in [0.15, 0.2) is 0 Å². The highest BCUT2D eigenvalue weighted by Gasteiger charge is 2.22. The first-order chi connectivity index (χ1) is 11.7. The van der Waals surface area contributed by atoms with Crippen LogP contribution in [0.1, 0.15) is 43.2 Å². The van der Waals surface area contributed by atoms with Crippen molar-refractivity contribution in [2.75, 3.05) is 0 Å². The summed E-state index contributed by atoms with van der Waals surface area (Å²) in [6.45, 7) is 0. The molecule has 0 aliphatic heterocycles. The molecule has 2 unspecified atom stereocenters. The predicted octanol–water partition coefficient (Wildman–Crippen LogP) is 5.58. The van der Waals surface area contributed by atoms with E-state index in [0.29, 0.717) is 5.92 Å². The molecule has 0 spiro atoms. The van der Waals surface area contributed by atoms with Crippen LogP contribution in [0.5, 0.6) is 0 Å². The van der Waals surface area contributed by atoms with Gasteiger partial charge in [0.2, 0.25) is 0 Å². The highest BCUT2D eigenvalue weighted by atomic mass is 16.6. The van der Waals surface area contributed by atoms with Gasteiger partial charge in [0.05, 0.1) is 4.92 Å². The summed E-state index contributed by atoms with van der Waals surface area (Å²) >= 11 is 0. The van der Waals surface area contributed by atoms with Gasteiger partial charge in [-0.15, -0.1) is 0 Å². The molecule has 126 valence electrons. The number of nitro groups is 1. The standard InChI is InChI=1S/C21H25NO2/c23-22(24)21-12-5-4-11-20(21)16-19-10-6-9-18(13-14-19)15-17-7-2-1-3-8-17/h1-5,7-8,11-12,18-19H,6,9-10,13-16H2. The molecule has 1 saturated carbocycles. The number of rotatable bonds is 5. The van der Waals surface area contributed by atoms with Crippen molar-refractivity contribution in [1.82, 2.24) is 0 Å². The molecule has 0 bridgehead atoms. The van der Waals surface area contributed by atoms with Crippen molar-refractivity contribution < 1.29 is 4.92 Å². The Morgan fingerprint density at radius 2 is 1.46 bits per heavy atom. The summed E-state index contributed by atoms with van der Waals surface area (Å²) in [5.41, 5.74) is 2.61. The first-order valence-corrected chi connectivity index (χ1v) is 8.98. The van der Waals surface area contributed by atoms with E-state index >= 15 is 0 Å². The van der Waals surface area contributed by atoms with Crippen LogP contribution in [0, 0.1) is 22.0 Å². The zero-order valence-corrected chi connectivity index (χ0v) is 14.1. The first-order valence-electron chi connectivity index (χ1n) is 8.98. The molecular formula is C21H25NO2. The largest absolute Gasteiger partial charge is 0.272 e. The SMILES string of the molecule is O=[N+]([O-])c1ccccc1CC1CCCC(Cc2ccccc2)CC1. The van der Waals surface area contributed by atoms with E-state index in [1.165, 1.54) is 44.1 Å². The van der Waals surface area contributed by atoms with Crippen LogP contribution in [-0.4, -0.2) is 4.92 Å². The average molecular weight is 323 g/mol. The van der Waals surface area contributed by atoms with Gasteiger partial charge in [-0.2, -0.15) is 0 Å². The lowest BCUT2D eigenvalue weighted by molar-refractivity contribution is -0.385. The van der Waals surface area contributed by atoms with Gasteiger partial charge in [-0.25, -0.2) is 0 Å². The van der Waals surface area contributed by atoms with Crippen LogP contribution in [0.3, 0.4) is 0 Å². The van der Waals surface area contributed by atoms with Gasteiger partial charge in [0.25, 0.3) is 5.69 Å². The Balaban J connectivity index is 1.59. The number of nitro benzene ring substituents is 1. The van der Waals surface area contributed by atoms with Gasteiger partial charge in [0, 0.05) is 11.6 Å². The van der Waals surface area contributed by atoms with Gasteiger partial charge in [-0.05, 0) is 43.1 Å². The number of benzene rings is 2. The molecule has 2 aromatic carbocycles. The molecule has 2 aromatic rings. The fraction of sp³-hybridized carbons (Fsp3) is 0.429. The summed E-state index contributed by atoms with van der Waals surface area (Å²) < 4.78 is 0. The minimum absolute atomic E-state index is 0.246. The molecule has 1 aliphatic rings. The van der Waals surface area contributed by atoms with Crippen LogP contribution in [0.2, 0.25) is 0 Å². The molecule has 0 heterocycles. The topological polar surface area (TPSA) is 43.1 Å². The molecule has 0 amide bonds. The van der Waals surface area contributed by atoms with Gasteiger partial charge in [-0.3, -0.25) is 10.1 Å². The molecule has 0 aromatic heterocycles. The van der Waals surface area contributed by atoms with Crippen LogP contribution in [-0.2, 0) is 12.8 Å². The second-order valence-corrected chi connectivity index (χ2v) is 7.02. The van der Waals surface area contributed by atoms with E-state index in [0.717, 1.165) is 17.9 Å². The molecule has 0 saturated heterocycles. The average Bonchev–Trinajstić information content (AvgIpc) is 2.81. The van der Waals surface area contributed by atoms with Crippen molar-refractivity contribution in [3.63, 3.8) is 0 Å². The summed E-state index contributed by atoms with van der Waals surface area (Å²) in [5, 5.41) is 11.2. The Kier molecular flexibility index (Phi) is 5.63. The van der Waals surface area contributed by atoms with Crippen LogP contribution in [0.25, 0.3) is 0 Å².